The second-order valence-electron chi connectivity index (χ2n) is 7.83. The Hall–Kier alpha value is -2.65. The highest BCUT2D eigenvalue weighted by molar-refractivity contribution is 7.99. The summed E-state index contributed by atoms with van der Waals surface area (Å²) in [4.78, 5) is 42.1. The van der Waals surface area contributed by atoms with Gasteiger partial charge in [0, 0.05) is 24.5 Å². The van der Waals surface area contributed by atoms with Gasteiger partial charge in [-0.3, -0.25) is 19.5 Å². The lowest BCUT2D eigenvalue weighted by atomic mass is 10.0. The molecule has 0 aliphatic carbocycles. The number of fused-ring (bicyclic) bond motifs is 1. The number of hydrogen-bond acceptors (Lipinski definition) is 6. The van der Waals surface area contributed by atoms with Gasteiger partial charge in [0.05, 0.1) is 11.1 Å². The number of rotatable bonds is 6. The predicted octanol–water partition coefficient (Wildman–Crippen LogP) is 3.85. The zero-order valence-electron chi connectivity index (χ0n) is 18.2. The van der Waals surface area contributed by atoms with E-state index in [-0.39, 0.29) is 11.3 Å². The van der Waals surface area contributed by atoms with E-state index in [1.807, 2.05) is 38.3 Å². The fraction of sp³-hybridized carbons (Fsp3) is 0.364. The van der Waals surface area contributed by atoms with Gasteiger partial charge in [-0.25, -0.2) is 9.78 Å². The van der Waals surface area contributed by atoms with E-state index < -0.39 is 11.9 Å². The van der Waals surface area contributed by atoms with Crippen LogP contribution >= 0.6 is 23.1 Å². The first kappa shape index (κ1) is 23.0. The Balaban J connectivity index is 1.79. The molecule has 2 N–H and O–H groups in total. The molecule has 1 aromatic carbocycles. The Morgan fingerprint density at radius 3 is 2.65 bits per heavy atom. The van der Waals surface area contributed by atoms with Crippen molar-refractivity contribution in [1.82, 2.24) is 20.2 Å². The smallest absolute Gasteiger partial charge is 0.321 e. The number of urea groups is 1. The fourth-order valence-electron chi connectivity index (χ4n) is 2.94. The van der Waals surface area contributed by atoms with E-state index in [0.717, 1.165) is 28.5 Å². The molecule has 0 spiro atoms. The van der Waals surface area contributed by atoms with Gasteiger partial charge >= 0.3 is 6.03 Å². The zero-order valence-corrected chi connectivity index (χ0v) is 19.9. The third-order valence-corrected chi connectivity index (χ3v) is 6.75. The number of imide groups is 1. The largest absolute Gasteiger partial charge is 0.338 e. The molecule has 0 radical (unpaired) electrons. The van der Waals surface area contributed by atoms with Crippen LogP contribution in [0.3, 0.4) is 0 Å². The molecule has 31 heavy (non-hydrogen) atoms. The van der Waals surface area contributed by atoms with Crippen molar-refractivity contribution >= 4 is 45.3 Å². The van der Waals surface area contributed by atoms with E-state index in [0.29, 0.717) is 27.8 Å². The number of aromatic nitrogens is 2. The molecule has 164 valence electrons. The Kier molecular flexibility index (Phi) is 7.17. The lowest BCUT2D eigenvalue weighted by Crippen LogP contribution is -2.41. The molecule has 2 heterocycles. The van der Waals surface area contributed by atoms with E-state index in [1.165, 1.54) is 21.5 Å². The summed E-state index contributed by atoms with van der Waals surface area (Å²) in [7, 11) is 1.65. The lowest BCUT2D eigenvalue weighted by Gasteiger charge is -2.10. The number of amides is 3. The minimum Gasteiger partial charge on any atom is -0.338 e. The molecule has 0 atom stereocenters. The first-order valence-corrected chi connectivity index (χ1v) is 11.8. The van der Waals surface area contributed by atoms with Crippen molar-refractivity contribution in [2.75, 3.05) is 12.3 Å². The number of hydrogen-bond donors (Lipinski definition) is 2. The Labute approximate surface area is 189 Å². The Morgan fingerprint density at radius 2 is 1.97 bits per heavy atom. The van der Waals surface area contributed by atoms with Gasteiger partial charge in [-0.2, -0.15) is 0 Å². The number of carbonyl (C=O) groups is 2. The van der Waals surface area contributed by atoms with Crippen LogP contribution in [0, 0.1) is 19.8 Å². The van der Waals surface area contributed by atoms with Crippen LogP contribution in [-0.4, -0.2) is 33.8 Å². The third kappa shape index (κ3) is 5.34. The van der Waals surface area contributed by atoms with Gasteiger partial charge in [-0.05, 0) is 36.5 Å². The van der Waals surface area contributed by atoms with Crippen molar-refractivity contribution in [1.29, 1.82) is 0 Å². The molecule has 0 bridgehead atoms. The van der Waals surface area contributed by atoms with E-state index in [9.17, 15) is 14.4 Å². The van der Waals surface area contributed by atoms with Crippen molar-refractivity contribution in [2.24, 2.45) is 13.0 Å². The summed E-state index contributed by atoms with van der Waals surface area (Å²) < 4.78 is 1.45. The maximum Gasteiger partial charge on any atom is 0.321 e. The van der Waals surface area contributed by atoms with E-state index >= 15 is 0 Å². The van der Waals surface area contributed by atoms with Crippen molar-refractivity contribution in [3.63, 3.8) is 0 Å². The molecule has 0 saturated heterocycles. The number of aryl methyl sites for hydroxylation is 2. The number of benzene rings is 1. The minimum atomic E-state index is -0.520. The average Bonchev–Trinajstić information content (AvgIpc) is 3.14. The van der Waals surface area contributed by atoms with Gasteiger partial charge in [0.25, 0.3) is 5.56 Å². The summed E-state index contributed by atoms with van der Waals surface area (Å²) in [6, 6.07) is 5.62. The number of thioether (sulfide) groups is 1. The van der Waals surface area contributed by atoms with Crippen LogP contribution in [0.4, 0.5) is 4.79 Å². The molecule has 0 aliphatic heterocycles. The summed E-state index contributed by atoms with van der Waals surface area (Å²) in [5.74, 6) is -0.168. The second kappa shape index (κ2) is 9.65. The summed E-state index contributed by atoms with van der Waals surface area (Å²) >= 11 is 2.53. The van der Waals surface area contributed by atoms with Crippen LogP contribution in [0.25, 0.3) is 21.3 Å². The minimum absolute atomic E-state index is 0.0176. The molecule has 2 aromatic heterocycles. The first-order valence-electron chi connectivity index (χ1n) is 9.93. The summed E-state index contributed by atoms with van der Waals surface area (Å²) in [6.45, 7) is 8.53. The molecule has 9 heteroatoms. The van der Waals surface area contributed by atoms with Crippen LogP contribution in [0.5, 0.6) is 0 Å². The Bertz CT molecular complexity index is 1200. The number of nitrogens with one attached hydrogen (secondary N) is 2. The maximum absolute atomic E-state index is 13.1. The number of nitrogens with zero attached hydrogens (tertiary/aromatic N) is 2. The molecular weight excluding hydrogens is 432 g/mol. The van der Waals surface area contributed by atoms with Crippen molar-refractivity contribution in [3.05, 3.63) is 45.1 Å². The van der Waals surface area contributed by atoms with Crippen LogP contribution in [0.15, 0.2) is 33.5 Å². The van der Waals surface area contributed by atoms with Gasteiger partial charge in [-0.15, -0.1) is 11.3 Å². The standard InChI is InChI=1S/C22H26N4O3S2/c1-12(2)9-23-21(29)24-17(27)11-31-22-25-19-18(20(28)26(22)5)16(10-30-19)15-7-6-13(3)14(4)8-15/h6-8,10,12H,9,11H2,1-5H3,(H2,23,24,27,29). The quantitative estimate of drug-likeness (QED) is 0.432. The van der Waals surface area contributed by atoms with Crippen LogP contribution in [0.2, 0.25) is 0 Å². The number of thiophene rings is 1. The molecule has 0 fully saturated rings. The zero-order chi connectivity index (χ0) is 22.7. The van der Waals surface area contributed by atoms with E-state index in [4.69, 9.17) is 0 Å². The summed E-state index contributed by atoms with van der Waals surface area (Å²) in [5, 5.41) is 7.88. The van der Waals surface area contributed by atoms with Crippen LogP contribution in [0.1, 0.15) is 25.0 Å². The lowest BCUT2D eigenvalue weighted by molar-refractivity contribution is -0.117. The highest BCUT2D eigenvalue weighted by Gasteiger charge is 2.17. The monoisotopic (exact) mass is 458 g/mol. The average molecular weight is 459 g/mol. The summed E-state index contributed by atoms with van der Waals surface area (Å²) in [5.41, 5.74) is 4.06. The highest BCUT2D eigenvalue weighted by Crippen LogP contribution is 2.32. The van der Waals surface area contributed by atoms with Crippen LogP contribution in [-0.2, 0) is 11.8 Å². The molecular formula is C22H26N4O3S2. The highest BCUT2D eigenvalue weighted by atomic mass is 32.2. The topological polar surface area (TPSA) is 93.1 Å². The molecule has 7 nitrogen and oxygen atoms in total. The molecule has 3 aromatic rings. The molecule has 3 rings (SSSR count). The summed E-state index contributed by atoms with van der Waals surface area (Å²) in [6.07, 6.45) is 0. The number of carbonyl (C=O) groups excluding carboxylic acids is 2. The first-order chi connectivity index (χ1) is 14.7. The molecule has 3 amide bonds. The van der Waals surface area contributed by atoms with Gasteiger partial charge in [0.15, 0.2) is 5.16 Å². The van der Waals surface area contributed by atoms with Crippen molar-refractivity contribution in [2.45, 2.75) is 32.9 Å². The normalized spacial score (nSPS) is 11.2. The maximum atomic E-state index is 13.1. The SMILES string of the molecule is Cc1ccc(-c2csc3nc(SCC(=O)NC(=O)NCC(C)C)n(C)c(=O)c23)cc1C. The van der Waals surface area contributed by atoms with Crippen LogP contribution < -0.4 is 16.2 Å². The van der Waals surface area contributed by atoms with Gasteiger partial charge in [0.2, 0.25) is 5.91 Å². The molecule has 0 aliphatic rings. The van der Waals surface area contributed by atoms with Gasteiger partial charge in [-0.1, -0.05) is 43.8 Å². The molecule has 0 saturated carbocycles. The van der Waals surface area contributed by atoms with Crippen molar-refractivity contribution < 1.29 is 9.59 Å². The molecule has 0 unspecified atom stereocenters. The fourth-order valence-corrected chi connectivity index (χ4v) is 4.70. The second-order valence-corrected chi connectivity index (χ2v) is 9.63. The van der Waals surface area contributed by atoms with E-state index in [1.54, 1.807) is 7.05 Å². The van der Waals surface area contributed by atoms with Gasteiger partial charge < -0.3 is 5.32 Å². The third-order valence-electron chi connectivity index (χ3n) is 4.85. The van der Waals surface area contributed by atoms with E-state index in [2.05, 4.69) is 28.6 Å². The van der Waals surface area contributed by atoms with Crippen molar-refractivity contribution in [3.8, 4) is 11.1 Å². The predicted molar refractivity (Wildman–Crippen MR) is 127 cm³/mol. The Morgan fingerprint density at radius 1 is 1.23 bits per heavy atom. The van der Waals surface area contributed by atoms with Gasteiger partial charge in [0.1, 0.15) is 4.83 Å².